The molecule has 0 atom stereocenters. The maximum absolute atomic E-state index is 14.3. The number of nitrogens with one attached hydrogen (secondary N) is 1. The Balaban J connectivity index is 1.90. The van der Waals surface area contributed by atoms with Crippen LogP contribution in [-0.2, 0) is 6.54 Å². The van der Waals surface area contributed by atoms with Crippen LogP contribution in [0.4, 0.5) is 10.1 Å². The monoisotopic (exact) mass is 419 g/mol. The summed E-state index contributed by atoms with van der Waals surface area (Å²) in [6.45, 7) is 8.09. The smallest absolute Gasteiger partial charge is 0.254 e. The Bertz CT molecular complexity index is 1100. The van der Waals surface area contributed by atoms with Crippen molar-refractivity contribution in [1.29, 1.82) is 0 Å². The molecular formula is C25H26FN3O2. The van der Waals surface area contributed by atoms with Crippen molar-refractivity contribution in [2.75, 3.05) is 19.1 Å². The van der Waals surface area contributed by atoms with Crippen LogP contribution in [0, 0.1) is 12.7 Å². The molecule has 0 bridgehead atoms. The molecule has 31 heavy (non-hydrogen) atoms. The third-order valence-electron chi connectivity index (χ3n) is 5.00. The van der Waals surface area contributed by atoms with E-state index in [4.69, 9.17) is 4.74 Å². The third kappa shape index (κ3) is 4.91. The topological polar surface area (TPSA) is 53.9 Å². The van der Waals surface area contributed by atoms with Crippen LogP contribution in [0.2, 0.25) is 0 Å². The van der Waals surface area contributed by atoms with E-state index in [1.54, 1.807) is 48.3 Å². The van der Waals surface area contributed by atoms with Gasteiger partial charge in [0.25, 0.3) is 5.91 Å². The van der Waals surface area contributed by atoms with Gasteiger partial charge in [-0.05, 0) is 49.2 Å². The van der Waals surface area contributed by atoms with Gasteiger partial charge in [0.05, 0.1) is 12.3 Å². The Labute approximate surface area is 182 Å². The fourth-order valence-electron chi connectivity index (χ4n) is 3.48. The van der Waals surface area contributed by atoms with Crippen LogP contribution >= 0.6 is 0 Å². The summed E-state index contributed by atoms with van der Waals surface area (Å²) < 4.78 is 20.0. The summed E-state index contributed by atoms with van der Waals surface area (Å²) in [4.78, 5) is 14.7. The molecule has 0 aliphatic rings. The van der Waals surface area contributed by atoms with Gasteiger partial charge in [0.15, 0.2) is 0 Å². The highest BCUT2D eigenvalue weighted by molar-refractivity contribution is 5.95. The molecule has 0 saturated heterocycles. The third-order valence-corrected chi connectivity index (χ3v) is 5.00. The van der Waals surface area contributed by atoms with Crippen LogP contribution in [0.25, 0.3) is 11.1 Å². The molecule has 0 radical (unpaired) electrons. The zero-order valence-corrected chi connectivity index (χ0v) is 18.0. The quantitative estimate of drug-likeness (QED) is 0.387. The van der Waals surface area contributed by atoms with Crippen molar-refractivity contribution in [3.8, 4) is 16.9 Å². The summed E-state index contributed by atoms with van der Waals surface area (Å²) in [5.41, 5.74) is 7.20. The standard InChI is InChI=1S/C25H26FN3O2/c1-5-31-23-15-18(13-14-21(23)20-11-6-7-12-22(20)26)25(30)29(4)16-19-10-8-9-17(2)24(19)28-27-3/h6-15,28H,3,5,16H2,1-2,4H3. The Morgan fingerprint density at radius 3 is 2.61 bits per heavy atom. The molecule has 0 spiro atoms. The minimum absolute atomic E-state index is 0.167. The number of amides is 1. The second-order valence-corrected chi connectivity index (χ2v) is 7.16. The summed E-state index contributed by atoms with van der Waals surface area (Å²) in [5.74, 6) is -0.0318. The molecule has 0 aromatic heterocycles. The first-order valence-electron chi connectivity index (χ1n) is 10.0. The van der Waals surface area contributed by atoms with E-state index in [1.165, 1.54) is 6.07 Å². The van der Waals surface area contributed by atoms with Crippen LogP contribution in [-0.4, -0.2) is 31.2 Å². The first kappa shape index (κ1) is 22.0. The van der Waals surface area contributed by atoms with Gasteiger partial charge in [0.1, 0.15) is 11.6 Å². The van der Waals surface area contributed by atoms with Crippen molar-refractivity contribution >= 4 is 18.3 Å². The van der Waals surface area contributed by atoms with Crippen LogP contribution in [0.1, 0.15) is 28.4 Å². The van der Waals surface area contributed by atoms with Gasteiger partial charge < -0.3 is 9.64 Å². The lowest BCUT2D eigenvalue weighted by molar-refractivity contribution is 0.0785. The molecule has 3 rings (SSSR count). The van der Waals surface area contributed by atoms with Crippen molar-refractivity contribution in [3.05, 3.63) is 83.2 Å². The molecule has 0 aliphatic heterocycles. The van der Waals surface area contributed by atoms with Crippen molar-refractivity contribution in [1.82, 2.24) is 4.90 Å². The fraction of sp³-hybridized carbons (Fsp3) is 0.200. The largest absolute Gasteiger partial charge is 0.493 e. The van der Waals surface area contributed by atoms with Gasteiger partial charge in [0.2, 0.25) is 0 Å². The Hall–Kier alpha value is -3.67. The van der Waals surface area contributed by atoms with E-state index in [2.05, 4.69) is 17.2 Å². The maximum atomic E-state index is 14.3. The van der Waals surface area contributed by atoms with Crippen molar-refractivity contribution in [2.45, 2.75) is 20.4 Å². The average molecular weight is 420 g/mol. The Morgan fingerprint density at radius 2 is 1.90 bits per heavy atom. The van der Waals surface area contributed by atoms with Gasteiger partial charge in [-0.3, -0.25) is 10.2 Å². The van der Waals surface area contributed by atoms with Gasteiger partial charge in [-0.1, -0.05) is 36.4 Å². The number of hydrazone groups is 1. The highest BCUT2D eigenvalue weighted by Crippen LogP contribution is 2.33. The minimum Gasteiger partial charge on any atom is -0.493 e. The van der Waals surface area contributed by atoms with Crippen molar-refractivity contribution in [3.63, 3.8) is 0 Å². The van der Waals surface area contributed by atoms with E-state index in [0.717, 1.165) is 16.8 Å². The van der Waals surface area contributed by atoms with Crippen LogP contribution < -0.4 is 10.2 Å². The normalized spacial score (nSPS) is 10.5. The lowest BCUT2D eigenvalue weighted by Gasteiger charge is -2.21. The van der Waals surface area contributed by atoms with E-state index in [9.17, 15) is 9.18 Å². The van der Waals surface area contributed by atoms with Gasteiger partial charge in [-0.25, -0.2) is 4.39 Å². The average Bonchev–Trinajstić information content (AvgIpc) is 2.76. The van der Waals surface area contributed by atoms with Crippen molar-refractivity contribution < 1.29 is 13.9 Å². The molecule has 1 amide bonds. The number of nitrogens with zero attached hydrogens (tertiary/aromatic N) is 2. The van der Waals surface area contributed by atoms with E-state index < -0.39 is 0 Å². The number of benzene rings is 3. The number of para-hydroxylation sites is 1. The van der Waals surface area contributed by atoms with Crippen LogP contribution in [0.3, 0.4) is 0 Å². The lowest BCUT2D eigenvalue weighted by atomic mass is 10.0. The number of carbonyl (C=O) groups is 1. The predicted octanol–water partition coefficient (Wildman–Crippen LogP) is 5.50. The molecule has 0 fully saturated rings. The van der Waals surface area contributed by atoms with Gasteiger partial charge in [0, 0.05) is 37.0 Å². The molecule has 0 unspecified atom stereocenters. The minimum atomic E-state index is -0.338. The molecule has 0 aliphatic carbocycles. The summed E-state index contributed by atoms with van der Waals surface area (Å²) in [6.07, 6.45) is 0. The van der Waals surface area contributed by atoms with Crippen LogP contribution in [0.5, 0.6) is 5.75 Å². The van der Waals surface area contributed by atoms with Gasteiger partial charge >= 0.3 is 0 Å². The Kier molecular flexibility index (Phi) is 7.03. The van der Waals surface area contributed by atoms with E-state index in [0.29, 0.717) is 35.6 Å². The predicted molar refractivity (Wildman–Crippen MR) is 123 cm³/mol. The highest BCUT2D eigenvalue weighted by Gasteiger charge is 2.18. The summed E-state index contributed by atoms with van der Waals surface area (Å²) >= 11 is 0. The molecular weight excluding hydrogens is 393 g/mol. The molecule has 3 aromatic rings. The maximum Gasteiger partial charge on any atom is 0.254 e. The number of halogens is 1. The number of carbonyl (C=O) groups excluding carboxylic acids is 1. The number of rotatable bonds is 8. The first-order chi connectivity index (χ1) is 15.0. The molecule has 1 N–H and O–H groups in total. The second kappa shape index (κ2) is 9.89. The van der Waals surface area contributed by atoms with Crippen LogP contribution in [0.15, 0.2) is 65.8 Å². The molecule has 6 heteroatoms. The lowest BCUT2D eigenvalue weighted by Crippen LogP contribution is -2.26. The number of hydrogen-bond acceptors (Lipinski definition) is 4. The number of hydrogen-bond donors (Lipinski definition) is 1. The second-order valence-electron chi connectivity index (χ2n) is 7.16. The first-order valence-corrected chi connectivity index (χ1v) is 10.0. The zero-order chi connectivity index (χ0) is 22.4. The zero-order valence-electron chi connectivity index (χ0n) is 18.0. The van der Waals surface area contributed by atoms with Crippen molar-refractivity contribution in [2.24, 2.45) is 5.10 Å². The van der Waals surface area contributed by atoms with E-state index >= 15 is 0 Å². The van der Waals surface area contributed by atoms with E-state index in [-0.39, 0.29) is 11.7 Å². The molecule has 0 heterocycles. The summed E-state index contributed by atoms with van der Waals surface area (Å²) in [6, 6.07) is 17.5. The SMILES string of the molecule is C=NNc1c(C)cccc1CN(C)C(=O)c1ccc(-c2ccccc2F)c(OCC)c1. The van der Waals surface area contributed by atoms with E-state index in [1.807, 2.05) is 32.0 Å². The number of aryl methyl sites for hydroxylation is 1. The molecule has 5 nitrogen and oxygen atoms in total. The number of ether oxygens (including phenoxy) is 1. The highest BCUT2D eigenvalue weighted by atomic mass is 19.1. The van der Waals surface area contributed by atoms with Gasteiger partial charge in [-0.15, -0.1) is 0 Å². The number of anilines is 1. The molecule has 3 aromatic carbocycles. The Morgan fingerprint density at radius 1 is 1.13 bits per heavy atom. The summed E-state index contributed by atoms with van der Waals surface area (Å²) in [7, 11) is 1.74. The molecule has 0 saturated carbocycles. The molecule has 160 valence electrons. The summed E-state index contributed by atoms with van der Waals surface area (Å²) in [5, 5.41) is 3.76. The van der Waals surface area contributed by atoms with Gasteiger partial charge in [-0.2, -0.15) is 5.10 Å². The fourth-order valence-corrected chi connectivity index (χ4v) is 3.48.